The van der Waals surface area contributed by atoms with Crippen LogP contribution in [0.3, 0.4) is 0 Å². The van der Waals surface area contributed by atoms with Crippen molar-refractivity contribution < 1.29 is 4.79 Å². The van der Waals surface area contributed by atoms with E-state index >= 15 is 0 Å². The van der Waals surface area contributed by atoms with Crippen LogP contribution in [0.4, 0.5) is 5.13 Å². The summed E-state index contributed by atoms with van der Waals surface area (Å²) in [4.78, 5) is 16.8. The number of aryl methyl sites for hydroxylation is 2. The SMILES string of the molecule is Cc1nc(NC(=O)C(C)(C)N)sc1C.Cl. The van der Waals surface area contributed by atoms with Gasteiger partial charge in [-0.3, -0.25) is 4.79 Å². The van der Waals surface area contributed by atoms with Crippen LogP contribution in [-0.4, -0.2) is 16.4 Å². The Hall–Kier alpha value is -0.650. The van der Waals surface area contributed by atoms with Gasteiger partial charge < -0.3 is 11.1 Å². The highest BCUT2D eigenvalue weighted by Crippen LogP contribution is 2.21. The predicted molar refractivity (Wildman–Crippen MR) is 65.7 cm³/mol. The number of anilines is 1. The van der Waals surface area contributed by atoms with Gasteiger partial charge >= 0.3 is 0 Å². The molecular weight excluding hydrogens is 234 g/mol. The maximum Gasteiger partial charge on any atom is 0.245 e. The molecule has 1 aromatic rings. The van der Waals surface area contributed by atoms with E-state index in [1.165, 1.54) is 11.3 Å². The first-order chi connectivity index (χ1) is 6.30. The van der Waals surface area contributed by atoms with Crippen LogP contribution in [0.1, 0.15) is 24.4 Å². The van der Waals surface area contributed by atoms with Crippen LogP contribution in [0.2, 0.25) is 0 Å². The van der Waals surface area contributed by atoms with Gasteiger partial charge in [0.05, 0.1) is 11.2 Å². The molecule has 0 saturated heterocycles. The van der Waals surface area contributed by atoms with Gasteiger partial charge in [-0.15, -0.1) is 23.7 Å². The number of rotatable bonds is 2. The van der Waals surface area contributed by atoms with Gasteiger partial charge in [-0.25, -0.2) is 4.98 Å². The van der Waals surface area contributed by atoms with Crippen molar-refractivity contribution in [2.45, 2.75) is 33.2 Å². The molecule has 0 atom stereocenters. The topological polar surface area (TPSA) is 68.0 Å². The fourth-order valence-corrected chi connectivity index (χ4v) is 1.59. The Morgan fingerprint density at radius 2 is 2.00 bits per heavy atom. The van der Waals surface area contributed by atoms with Crippen molar-refractivity contribution in [2.24, 2.45) is 5.73 Å². The van der Waals surface area contributed by atoms with Crippen molar-refractivity contribution in [1.82, 2.24) is 4.98 Å². The molecule has 3 N–H and O–H groups in total. The molecule has 6 heteroatoms. The lowest BCUT2D eigenvalue weighted by molar-refractivity contribution is -0.120. The third-order valence-corrected chi connectivity index (χ3v) is 2.82. The van der Waals surface area contributed by atoms with Crippen molar-refractivity contribution in [3.8, 4) is 0 Å². The first kappa shape index (κ1) is 14.3. The van der Waals surface area contributed by atoms with Gasteiger partial charge in [0.1, 0.15) is 0 Å². The Morgan fingerprint density at radius 3 is 2.33 bits per heavy atom. The number of nitrogens with one attached hydrogen (secondary N) is 1. The van der Waals surface area contributed by atoms with E-state index < -0.39 is 5.54 Å². The molecule has 1 aromatic heterocycles. The summed E-state index contributed by atoms with van der Waals surface area (Å²) in [7, 11) is 0. The number of nitrogens with two attached hydrogens (primary N) is 1. The fraction of sp³-hybridized carbons (Fsp3) is 0.556. The summed E-state index contributed by atoms with van der Waals surface area (Å²) in [5, 5.41) is 3.30. The molecule has 0 spiro atoms. The number of hydrogen-bond donors (Lipinski definition) is 2. The molecule has 15 heavy (non-hydrogen) atoms. The van der Waals surface area contributed by atoms with E-state index in [-0.39, 0.29) is 18.3 Å². The summed E-state index contributed by atoms with van der Waals surface area (Å²) in [6.45, 7) is 7.20. The Morgan fingerprint density at radius 1 is 1.47 bits per heavy atom. The minimum absolute atomic E-state index is 0. The number of carbonyl (C=O) groups is 1. The van der Waals surface area contributed by atoms with Crippen LogP contribution in [0.5, 0.6) is 0 Å². The molecule has 0 aliphatic carbocycles. The molecule has 0 aliphatic rings. The predicted octanol–water partition coefficient (Wildman–Crippen LogP) is 1.86. The highest BCUT2D eigenvalue weighted by molar-refractivity contribution is 7.15. The summed E-state index contributed by atoms with van der Waals surface area (Å²) < 4.78 is 0. The lowest BCUT2D eigenvalue weighted by Gasteiger charge is -2.16. The summed E-state index contributed by atoms with van der Waals surface area (Å²) in [5.41, 5.74) is 5.71. The van der Waals surface area contributed by atoms with Crippen molar-refractivity contribution in [1.29, 1.82) is 0 Å². The lowest BCUT2D eigenvalue weighted by atomic mass is 10.1. The zero-order valence-corrected chi connectivity index (χ0v) is 10.9. The Kier molecular flexibility index (Phi) is 4.70. The van der Waals surface area contributed by atoms with Crippen molar-refractivity contribution in [3.63, 3.8) is 0 Å². The third-order valence-electron chi connectivity index (χ3n) is 1.83. The van der Waals surface area contributed by atoms with Crippen LogP contribution in [0.25, 0.3) is 0 Å². The number of carbonyl (C=O) groups excluding carboxylic acids is 1. The zero-order valence-electron chi connectivity index (χ0n) is 9.25. The second kappa shape index (κ2) is 4.92. The molecule has 0 bridgehead atoms. The van der Waals surface area contributed by atoms with Crippen LogP contribution in [0, 0.1) is 13.8 Å². The Labute approximate surface area is 99.7 Å². The maximum absolute atomic E-state index is 11.5. The van der Waals surface area contributed by atoms with Gasteiger partial charge in [-0.1, -0.05) is 0 Å². The number of hydrogen-bond acceptors (Lipinski definition) is 4. The monoisotopic (exact) mass is 249 g/mol. The van der Waals surface area contributed by atoms with E-state index in [0.29, 0.717) is 5.13 Å². The molecule has 0 fully saturated rings. The Balaban J connectivity index is 0.00000196. The molecule has 0 unspecified atom stereocenters. The number of amides is 1. The third kappa shape index (κ3) is 3.77. The highest BCUT2D eigenvalue weighted by atomic mass is 35.5. The van der Waals surface area contributed by atoms with E-state index in [4.69, 9.17) is 5.73 Å². The van der Waals surface area contributed by atoms with Crippen LogP contribution < -0.4 is 11.1 Å². The molecule has 86 valence electrons. The van der Waals surface area contributed by atoms with Gasteiger partial charge in [0, 0.05) is 4.88 Å². The van der Waals surface area contributed by atoms with E-state index in [1.54, 1.807) is 13.8 Å². The normalized spacial score (nSPS) is 10.7. The van der Waals surface area contributed by atoms with Crippen molar-refractivity contribution in [2.75, 3.05) is 5.32 Å². The molecule has 0 saturated carbocycles. The molecule has 1 rings (SSSR count). The number of aromatic nitrogens is 1. The van der Waals surface area contributed by atoms with Gasteiger partial charge in [0.15, 0.2) is 5.13 Å². The average molecular weight is 250 g/mol. The largest absolute Gasteiger partial charge is 0.318 e. The van der Waals surface area contributed by atoms with Crippen molar-refractivity contribution in [3.05, 3.63) is 10.6 Å². The van der Waals surface area contributed by atoms with Gasteiger partial charge in [0.25, 0.3) is 0 Å². The second-order valence-electron chi connectivity index (χ2n) is 3.84. The van der Waals surface area contributed by atoms with Gasteiger partial charge in [0.2, 0.25) is 5.91 Å². The smallest absolute Gasteiger partial charge is 0.245 e. The molecule has 0 radical (unpaired) electrons. The minimum Gasteiger partial charge on any atom is -0.318 e. The first-order valence-electron chi connectivity index (χ1n) is 4.35. The minimum atomic E-state index is -0.868. The maximum atomic E-state index is 11.5. The fourth-order valence-electron chi connectivity index (χ4n) is 0.784. The van der Waals surface area contributed by atoms with Crippen LogP contribution in [-0.2, 0) is 4.79 Å². The van der Waals surface area contributed by atoms with Gasteiger partial charge in [-0.2, -0.15) is 0 Å². The quantitative estimate of drug-likeness (QED) is 0.841. The van der Waals surface area contributed by atoms with Crippen LogP contribution in [0.15, 0.2) is 0 Å². The van der Waals surface area contributed by atoms with Gasteiger partial charge in [-0.05, 0) is 27.7 Å². The van der Waals surface area contributed by atoms with E-state index in [2.05, 4.69) is 10.3 Å². The molecule has 4 nitrogen and oxygen atoms in total. The number of halogens is 1. The molecule has 0 aliphatic heterocycles. The molecular formula is C9H16ClN3OS. The van der Waals surface area contributed by atoms with Crippen LogP contribution >= 0.6 is 23.7 Å². The summed E-state index contributed by atoms with van der Waals surface area (Å²) in [6.07, 6.45) is 0. The lowest BCUT2D eigenvalue weighted by Crippen LogP contribution is -2.45. The summed E-state index contributed by atoms with van der Waals surface area (Å²) in [6, 6.07) is 0. The van der Waals surface area contributed by atoms with E-state index in [0.717, 1.165) is 10.6 Å². The summed E-state index contributed by atoms with van der Waals surface area (Å²) in [5.74, 6) is -0.216. The highest BCUT2D eigenvalue weighted by Gasteiger charge is 2.22. The second-order valence-corrected chi connectivity index (χ2v) is 5.04. The van der Waals surface area contributed by atoms with E-state index in [9.17, 15) is 4.79 Å². The number of nitrogens with zero attached hydrogens (tertiary/aromatic N) is 1. The Bertz CT molecular complexity index is 337. The molecule has 0 aromatic carbocycles. The molecule has 1 amide bonds. The van der Waals surface area contributed by atoms with E-state index in [1.807, 2.05) is 13.8 Å². The standard InChI is InChI=1S/C9H15N3OS.ClH/c1-5-6(2)14-8(11-5)12-7(13)9(3,4)10;/h10H2,1-4H3,(H,11,12,13);1H. The first-order valence-corrected chi connectivity index (χ1v) is 5.16. The van der Waals surface area contributed by atoms with Crippen molar-refractivity contribution >= 4 is 34.8 Å². The summed E-state index contributed by atoms with van der Waals surface area (Å²) >= 11 is 1.46. The number of thiazole rings is 1. The average Bonchev–Trinajstić information content (AvgIpc) is 2.29. The zero-order chi connectivity index (χ0) is 10.9. The molecule has 1 heterocycles.